The molecule has 0 saturated carbocycles. The quantitative estimate of drug-likeness (QED) is 0.322. The number of rotatable bonds is 5. The summed E-state index contributed by atoms with van der Waals surface area (Å²) in [5.41, 5.74) is 1.11. The zero-order chi connectivity index (χ0) is 22.8. The summed E-state index contributed by atoms with van der Waals surface area (Å²) in [6, 6.07) is 18.5. The van der Waals surface area contributed by atoms with Crippen molar-refractivity contribution in [2.24, 2.45) is 0 Å². The normalized spacial score (nSPS) is 17.6. The standard InChI is InChI=1S/C25H20ClNO5/c1-2-32-20-11-4-7-16(13-20)23(29)21-22(15-6-3-10-19(28)12-15)27(25(31)24(21)30)18-9-5-8-17(26)14-18/h3-14,22,28-29H,2H2,1H3/b23-21+. The van der Waals surface area contributed by atoms with Gasteiger partial charge in [-0.1, -0.05) is 41.9 Å². The van der Waals surface area contributed by atoms with Gasteiger partial charge in [-0.05, 0) is 55.0 Å². The molecule has 1 amide bonds. The molecule has 0 aromatic heterocycles. The molecule has 162 valence electrons. The van der Waals surface area contributed by atoms with Gasteiger partial charge in [-0.25, -0.2) is 0 Å². The highest BCUT2D eigenvalue weighted by atomic mass is 35.5. The number of carbonyl (C=O) groups is 2. The third kappa shape index (κ3) is 3.92. The molecule has 1 aliphatic heterocycles. The number of anilines is 1. The van der Waals surface area contributed by atoms with Crippen molar-refractivity contribution in [3.05, 3.63) is 94.5 Å². The van der Waals surface area contributed by atoms with Crippen LogP contribution in [0.3, 0.4) is 0 Å². The summed E-state index contributed by atoms with van der Waals surface area (Å²) < 4.78 is 5.49. The number of ketones is 1. The van der Waals surface area contributed by atoms with E-state index in [4.69, 9.17) is 16.3 Å². The van der Waals surface area contributed by atoms with Crippen LogP contribution in [-0.2, 0) is 9.59 Å². The smallest absolute Gasteiger partial charge is 0.300 e. The summed E-state index contributed by atoms with van der Waals surface area (Å²) in [7, 11) is 0. The summed E-state index contributed by atoms with van der Waals surface area (Å²) in [5, 5.41) is 21.6. The van der Waals surface area contributed by atoms with Crippen LogP contribution in [0.15, 0.2) is 78.4 Å². The molecular weight excluding hydrogens is 430 g/mol. The van der Waals surface area contributed by atoms with E-state index < -0.39 is 17.7 Å². The molecule has 1 unspecified atom stereocenters. The zero-order valence-corrected chi connectivity index (χ0v) is 17.9. The number of ether oxygens (including phenoxy) is 1. The Labute approximate surface area is 189 Å². The third-order valence-electron chi connectivity index (χ3n) is 5.14. The van der Waals surface area contributed by atoms with Crippen molar-refractivity contribution in [3.63, 3.8) is 0 Å². The number of aliphatic hydroxyl groups is 1. The molecule has 1 fully saturated rings. The van der Waals surface area contributed by atoms with Gasteiger partial charge >= 0.3 is 0 Å². The molecule has 0 bridgehead atoms. The SMILES string of the molecule is CCOc1cccc(/C(O)=C2\C(=O)C(=O)N(c3cccc(Cl)c3)C2c2cccc(O)c2)c1. The lowest BCUT2D eigenvalue weighted by molar-refractivity contribution is -0.132. The van der Waals surface area contributed by atoms with Gasteiger partial charge in [0.15, 0.2) is 0 Å². The number of Topliss-reactive ketones (excluding diaryl/α,β-unsaturated/α-hetero) is 1. The summed E-state index contributed by atoms with van der Waals surface area (Å²) in [5.74, 6) is -1.48. The average Bonchev–Trinajstić information content (AvgIpc) is 3.04. The number of hydrogen-bond donors (Lipinski definition) is 2. The molecule has 0 spiro atoms. The Morgan fingerprint density at radius 2 is 1.78 bits per heavy atom. The zero-order valence-electron chi connectivity index (χ0n) is 17.2. The van der Waals surface area contributed by atoms with Crippen LogP contribution >= 0.6 is 11.6 Å². The number of hydrogen-bond acceptors (Lipinski definition) is 5. The highest BCUT2D eigenvalue weighted by Crippen LogP contribution is 2.43. The summed E-state index contributed by atoms with van der Waals surface area (Å²) in [4.78, 5) is 27.5. The first-order valence-electron chi connectivity index (χ1n) is 9.99. The Kier molecular flexibility index (Phi) is 5.88. The lowest BCUT2D eigenvalue weighted by Gasteiger charge is -2.25. The predicted molar refractivity (Wildman–Crippen MR) is 122 cm³/mol. The van der Waals surface area contributed by atoms with Crippen LogP contribution in [0.4, 0.5) is 5.69 Å². The minimum Gasteiger partial charge on any atom is -0.508 e. The topological polar surface area (TPSA) is 87.1 Å². The Hall–Kier alpha value is -3.77. The van der Waals surface area contributed by atoms with Crippen molar-refractivity contribution < 1.29 is 24.5 Å². The number of aromatic hydroxyl groups is 1. The Morgan fingerprint density at radius 3 is 2.50 bits per heavy atom. The first-order valence-corrected chi connectivity index (χ1v) is 10.4. The molecule has 0 aliphatic carbocycles. The van der Waals surface area contributed by atoms with Crippen molar-refractivity contribution in [2.45, 2.75) is 13.0 Å². The van der Waals surface area contributed by atoms with E-state index in [0.29, 0.717) is 34.2 Å². The number of phenolic OH excluding ortho intramolecular Hbond substituents is 1. The van der Waals surface area contributed by atoms with Crippen molar-refractivity contribution in [2.75, 3.05) is 11.5 Å². The van der Waals surface area contributed by atoms with Crippen LogP contribution in [0.5, 0.6) is 11.5 Å². The molecule has 0 radical (unpaired) electrons. The molecular formula is C25H20ClNO5. The molecule has 4 rings (SSSR count). The van der Waals surface area contributed by atoms with Crippen LogP contribution < -0.4 is 9.64 Å². The van der Waals surface area contributed by atoms with E-state index in [1.54, 1.807) is 60.7 Å². The second kappa shape index (κ2) is 8.77. The van der Waals surface area contributed by atoms with Crippen molar-refractivity contribution >= 4 is 34.7 Å². The van der Waals surface area contributed by atoms with E-state index in [9.17, 15) is 19.8 Å². The van der Waals surface area contributed by atoms with Gasteiger partial charge in [-0.3, -0.25) is 14.5 Å². The lowest BCUT2D eigenvalue weighted by atomic mass is 9.95. The molecule has 1 heterocycles. The number of amides is 1. The highest BCUT2D eigenvalue weighted by Gasteiger charge is 2.47. The largest absolute Gasteiger partial charge is 0.508 e. The average molecular weight is 450 g/mol. The molecule has 1 saturated heterocycles. The summed E-state index contributed by atoms with van der Waals surface area (Å²) in [6.45, 7) is 2.28. The molecule has 3 aromatic carbocycles. The van der Waals surface area contributed by atoms with Gasteiger partial charge in [0.05, 0.1) is 18.2 Å². The predicted octanol–water partition coefficient (Wildman–Crippen LogP) is 5.07. The molecule has 1 atom stereocenters. The van der Waals surface area contributed by atoms with Gasteiger partial charge in [0.1, 0.15) is 17.3 Å². The maximum absolute atomic E-state index is 13.1. The lowest BCUT2D eigenvalue weighted by Crippen LogP contribution is -2.29. The number of aliphatic hydroxyl groups excluding tert-OH is 1. The first-order chi connectivity index (χ1) is 15.4. The molecule has 2 N–H and O–H groups in total. The van der Waals surface area contributed by atoms with Crippen LogP contribution in [0, 0.1) is 0 Å². The van der Waals surface area contributed by atoms with Crippen LogP contribution in [0.25, 0.3) is 5.76 Å². The van der Waals surface area contributed by atoms with Crippen LogP contribution in [0.1, 0.15) is 24.1 Å². The number of halogens is 1. The van der Waals surface area contributed by atoms with E-state index in [1.165, 1.54) is 17.0 Å². The van der Waals surface area contributed by atoms with Crippen molar-refractivity contribution in [3.8, 4) is 11.5 Å². The highest BCUT2D eigenvalue weighted by molar-refractivity contribution is 6.51. The van der Waals surface area contributed by atoms with E-state index in [0.717, 1.165) is 0 Å². The molecule has 6 nitrogen and oxygen atoms in total. The fourth-order valence-electron chi connectivity index (χ4n) is 3.79. The number of phenols is 1. The fraction of sp³-hybridized carbons (Fsp3) is 0.120. The van der Waals surface area contributed by atoms with Gasteiger partial charge in [0, 0.05) is 16.3 Å². The Balaban J connectivity index is 1.94. The van der Waals surface area contributed by atoms with Crippen LogP contribution in [0.2, 0.25) is 5.02 Å². The van der Waals surface area contributed by atoms with Gasteiger partial charge in [-0.15, -0.1) is 0 Å². The molecule has 7 heteroatoms. The van der Waals surface area contributed by atoms with Gasteiger partial charge in [0.25, 0.3) is 11.7 Å². The maximum Gasteiger partial charge on any atom is 0.300 e. The summed E-state index contributed by atoms with van der Waals surface area (Å²) in [6.07, 6.45) is 0. The van der Waals surface area contributed by atoms with Crippen molar-refractivity contribution in [1.29, 1.82) is 0 Å². The monoisotopic (exact) mass is 449 g/mol. The summed E-state index contributed by atoms with van der Waals surface area (Å²) >= 11 is 6.13. The molecule has 3 aromatic rings. The van der Waals surface area contributed by atoms with E-state index in [2.05, 4.69) is 0 Å². The van der Waals surface area contributed by atoms with Gasteiger partial charge in [-0.2, -0.15) is 0 Å². The van der Waals surface area contributed by atoms with E-state index in [1.807, 2.05) is 6.92 Å². The number of carbonyl (C=O) groups excluding carboxylic acids is 2. The number of nitrogens with zero attached hydrogens (tertiary/aromatic N) is 1. The minimum atomic E-state index is -0.962. The van der Waals surface area contributed by atoms with E-state index in [-0.39, 0.29) is 17.1 Å². The van der Waals surface area contributed by atoms with Crippen LogP contribution in [-0.4, -0.2) is 28.5 Å². The maximum atomic E-state index is 13.1. The van der Waals surface area contributed by atoms with Gasteiger partial charge < -0.3 is 14.9 Å². The Morgan fingerprint density at radius 1 is 1.03 bits per heavy atom. The number of benzene rings is 3. The molecule has 32 heavy (non-hydrogen) atoms. The Bertz CT molecular complexity index is 1240. The first kappa shape index (κ1) is 21.5. The minimum absolute atomic E-state index is 0.0301. The second-order valence-electron chi connectivity index (χ2n) is 7.20. The van der Waals surface area contributed by atoms with Crippen molar-refractivity contribution in [1.82, 2.24) is 0 Å². The van der Waals surface area contributed by atoms with Gasteiger partial charge in [0.2, 0.25) is 0 Å². The third-order valence-corrected chi connectivity index (χ3v) is 5.37. The molecule has 1 aliphatic rings. The second-order valence-corrected chi connectivity index (χ2v) is 7.64. The fourth-order valence-corrected chi connectivity index (χ4v) is 3.97. The van der Waals surface area contributed by atoms with E-state index >= 15 is 0 Å².